The van der Waals surface area contributed by atoms with Crippen molar-refractivity contribution in [2.75, 3.05) is 19.5 Å². The third-order valence-corrected chi connectivity index (χ3v) is 2.71. The summed E-state index contributed by atoms with van der Waals surface area (Å²) in [7, 11) is 2.73. The van der Waals surface area contributed by atoms with Gasteiger partial charge < -0.3 is 24.9 Å². The van der Waals surface area contributed by atoms with Crippen molar-refractivity contribution in [3.63, 3.8) is 0 Å². The van der Waals surface area contributed by atoms with Crippen molar-refractivity contribution in [3.8, 4) is 11.5 Å². The Bertz CT molecular complexity index is 726. The maximum atomic E-state index is 11.6. The highest BCUT2D eigenvalue weighted by Crippen LogP contribution is 2.27. The molecule has 0 unspecified atom stereocenters. The van der Waals surface area contributed by atoms with E-state index in [0.29, 0.717) is 5.69 Å². The number of hydrogen-bond acceptors (Lipinski definition) is 6. The van der Waals surface area contributed by atoms with E-state index in [9.17, 15) is 9.59 Å². The minimum absolute atomic E-state index is 0.0266. The maximum absolute atomic E-state index is 11.6. The zero-order valence-corrected chi connectivity index (χ0v) is 11.3. The van der Waals surface area contributed by atoms with E-state index in [1.165, 1.54) is 38.7 Å². The summed E-state index contributed by atoms with van der Waals surface area (Å²) < 4.78 is 10.00. The van der Waals surface area contributed by atoms with Crippen molar-refractivity contribution in [3.05, 3.63) is 40.4 Å². The number of benzene rings is 1. The number of carboxylic acid groups (broad SMARTS) is 1. The fourth-order valence-electron chi connectivity index (χ4n) is 1.75. The van der Waals surface area contributed by atoms with Gasteiger partial charge in [0.05, 0.1) is 20.5 Å². The van der Waals surface area contributed by atoms with Gasteiger partial charge in [-0.3, -0.25) is 4.79 Å². The molecule has 1 aromatic carbocycles. The molecule has 3 N–H and O–H groups in total. The summed E-state index contributed by atoms with van der Waals surface area (Å²) >= 11 is 0. The minimum Gasteiger partial charge on any atom is -0.496 e. The molecular formula is C13H13N3O5. The highest BCUT2D eigenvalue weighted by atomic mass is 16.5. The van der Waals surface area contributed by atoms with E-state index < -0.39 is 11.5 Å². The second-order valence-electron chi connectivity index (χ2n) is 3.96. The lowest BCUT2D eigenvalue weighted by Crippen LogP contribution is -2.12. The zero-order chi connectivity index (χ0) is 15.4. The predicted octanol–water partition coefficient (Wildman–Crippen LogP) is 1.23. The molecule has 0 aliphatic carbocycles. The number of aromatic carboxylic acids is 1. The molecule has 0 radical (unpaired) electrons. The third kappa shape index (κ3) is 2.94. The van der Waals surface area contributed by atoms with Gasteiger partial charge in [-0.15, -0.1) is 0 Å². The predicted molar refractivity (Wildman–Crippen MR) is 74.6 cm³/mol. The van der Waals surface area contributed by atoms with Crippen LogP contribution in [0.5, 0.6) is 11.5 Å². The average molecular weight is 291 g/mol. The van der Waals surface area contributed by atoms with E-state index in [-0.39, 0.29) is 22.9 Å². The summed E-state index contributed by atoms with van der Waals surface area (Å²) in [4.78, 5) is 28.9. The van der Waals surface area contributed by atoms with Gasteiger partial charge in [-0.2, -0.15) is 0 Å². The molecule has 8 heteroatoms. The SMILES string of the molecule is COc1cc(Nc2nc[nH]c(=O)c2OC)ccc1C(=O)O. The van der Waals surface area contributed by atoms with Gasteiger partial charge in [-0.05, 0) is 12.1 Å². The van der Waals surface area contributed by atoms with Crippen LogP contribution in [0.15, 0.2) is 29.3 Å². The topological polar surface area (TPSA) is 114 Å². The number of rotatable bonds is 5. The van der Waals surface area contributed by atoms with E-state index in [4.69, 9.17) is 14.6 Å². The highest BCUT2D eigenvalue weighted by Gasteiger charge is 2.13. The molecular weight excluding hydrogens is 278 g/mol. The molecule has 0 saturated heterocycles. The molecule has 8 nitrogen and oxygen atoms in total. The molecule has 21 heavy (non-hydrogen) atoms. The van der Waals surface area contributed by atoms with Crippen LogP contribution in [0.1, 0.15) is 10.4 Å². The fraction of sp³-hybridized carbons (Fsp3) is 0.154. The smallest absolute Gasteiger partial charge is 0.339 e. The van der Waals surface area contributed by atoms with Crippen LogP contribution in [-0.4, -0.2) is 35.3 Å². The number of anilines is 2. The van der Waals surface area contributed by atoms with Gasteiger partial charge in [0, 0.05) is 11.8 Å². The lowest BCUT2D eigenvalue weighted by atomic mass is 10.2. The van der Waals surface area contributed by atoms with Crippen LogP contribution in [0.2, 0.25) is 0 Å². The van der Waals surface area contributed by atoms with Gasteiger partial charge in [0.25, 0.3) is 5.56 Å². The Hall–Kier alpha value is -3.03. The summed E-state index contributed by atoms with van der Waals surface area (Å²) in [5.41, 5.74) is 0.117. The molecule has 0 fully saturated rings. The van der Waals surface area contributed by atoms with E-state index in [1.54, 1.807) is 0 Å². The second-order valence-corrected chi connectivity index (χ2v) is 3.96. The monoisotopic (exact) mass is 291 g/mol. The van der Waals surface area contributed by atoms with Crippen LogP contribution in [-0.2, 0) is 0 Å². The van der Waals surface area contributed by atoms with Gasteiger partial charge in [0.15, 0.2) is 5.82 Å². The first-order valence-corrected chi connectivity index (χ1v) is 5.87. The number of carboxylic acids is 1. The first-order chi connectivity index (χ1) is 10.1. The van der Waals surface area contributed by atoms with Crippen molar-refractivity contribution in [1.82, 2.24) is 9.97 Å². The number of ether oxygens (including phenoxy) is 2. The quantitative estimate of drug-likeness (QED) is 0.759. The Balaban J connectivity index is 2.39. The Morgan fingerprint density at radius 1 is 1.33 bits per heavy atom. The Labute approximate surface area is 119 Å². The van der Waals surface area contributed by atoms with E-state index in [2.05, 4.69) is 15.3 Å². The molecule has 0 atom stereocenters. The van der Waals surface area contributed by atoms with Gasteiger partial charge in [-0.25, -0.2) is 9.78 Å². The third-order valence-electron chi connectivity index (χ3n) is 2.71. The molecule has 0 amide bonds. The van der Waals surface area contributed by atoms with Crippen LogP contribution in [0.25, 0.3) is 0 Å². The zero-order valence-electron chi connectivity index (χ0n) is 11.3. The lowest BCUT2D eigenvalue weighted by molar-refractivity contribution is 0.0693. The van der Waals surface area contributed by atoms with Crippen molar-refractivity contribution < 1.29 is 19.4 Å². The van der Waals surface area contributed by atoms with Crippen LogP contribution < -0.4 is 20.3 Å². The molecule has 1 heterocycles. The van der Waals surface area contributed by atoms with Gasteiger partial charge >= 0.3 is 5.97 Å². The van der Waals surface area contributed by atoms with Crippen molar-refractivity contribution >= 4 is 17.5 Å². The number of H-pyrrole nitrogens is 1. The summed E-state index contributed by atoms with van der Waals surface area (Å²) in [5.74, 6) is -0.660. The summed E-state index contributed by atoms with van der Waals surface area (Å²) in [6.45, 7) is 0. The average Bonchev–Trinajstić information content (AvgIpc) is 2.47. The summed E-state index contributed by atoms with van der Waals surface area (Å²) in [5, 5.41) is 11.9. The van der Waals surface area contributed by atoms with Gasteiger partial charge in [0.2, 0.25) is 5.75 Å². The minimum atomic E-state index is -1.09. The molecule has 0 saturated carbocycles. The van der Waals surface area contributed by atoms with Gasteiger partial charge in [-0.1, -0.05) is 0 Å². The van der Waals surface area contributed by atoms with E-state index >= 15 is 0 Å². The van der Waals surface area contributed by atoms with E-state index in [0.717, 1.165) is 0 Å². The number of methoxy groups -OCH3 is 2. The van der Waals surface area contributed by atoms with Crippen molar-refractivity contribution in [1.29, 1.82) is 0 Å². The Morgan fingerprint density at radius 2 is 2.10 bits per heavy atom. The summed E-state index contributed by atoms with van der Waals surface area (Å²) in [6, 6.07) is 4.42. The van der Waals surface area contributed by atoms with Crippen molar-refractivity contribution in [2.45, 2.75) is 0 Å². The molecule has 110 valence electrons. The standard InChI is InChI=1S/C13H13N3O5/c1-20-9-5-7(3-4-8(9)13(18)19)16-11-10(21-2)12(17)15-6-14-11/h3-6H,1-2H3,(H,18,19)(H2,14,15,16,17). The molecule has 2 rings (SSSR count). The first kappa shape index (κ1) is 14.4. The highest BCUT2D eigenvalue weighted by molar-refractivity contribution is 5.91. The Morgan fingerprint density at radius 3 is 2.71 bits per heavy atom. The molecule has 1 aromatic heterocycles. The van der Waals surface area contributed by atoms with E-state index in [1.807, 2.05) is 0 Å². The van der Waals surface area contributed by atoms with Crippen LogP contribution in [0, 0.1) is 0 Å². The first-order valence-electron chi connectivity index (χ1n) is 5.87. The van der Waals surface area contributed by atoms with Crippen LogP contribution >= 0.6 is 0 Å². The number of carbonyl (C=O) groups is 1. The number of nitrogens with one attached hydrogen (secondary N) is 2. The largest absolute Gasteiger partial charge is 0.496 e. The van der Waals surface area contributed by atoms with Crippen LogP contribution in [0.4, 0.5) is 11.5 Å². The van der Waals surface area contributed by atoms with Gasteiger partial charge in [0.1, 0.15) is 11.3 Å². The molecule has 0 aliphatic rings. The molecule has 0 aliphatic heterocycles. The number of nitrogens with zero attached hydrogens (tertiary/aromatic N) is 1. The van der Waals surface area contributed by atoms with Crippen molar-refractivity contribution in [2.24, 2.45) is 0 Å². The number of aromatic nitrogens is 2. The number of hydrogen-bond donors (Lipinski definition) is 3. The maximum Gasteiger partial charge on any atom is 0.339 e. The normalized spacial score (nSPS) is 10.0. The summed E-state index contributed by atoms with van der Waals surface area (Å²) in [6.07, 6.45) is 1.23. The lowest BCUT2D eigenvalue weighted by Gasteiger charge is -2.11. The second kappa shape index (κ2) is 5.95. The number of aromatic amines is 1. The molecule has 2 aromatic rings. The molecule has 0 spiro atoms. The van der Waals surface area contributed by atoms with Crippen LogP contribution in [0.3, 0.4) is 0 Å². The Kier molecular flexibility index (Phi) is 4.07. The fourth-order valence-corrected chi connectivity index (χ4v) is 1.75. The molecule has 0 bridgehead atoms.